The Labute approximate surface area is 126 Å². The second-order valence-electron chi connectivity index (χ2n) is 4.34. The molecule has 0 aliphatic rings. The average molecular weight is 319 g/mol. The Kier molecular flexibility index (Phi) is 5.76. The first-order chi connectivity index (χ1) is 10.2. The molecule has 0 saturated heterocycles. The molecule has 0 bridgehead atoms. The van der Waals surface area contributed by atoms with Gasteiger partial charge in [-0.1, -0.05) is 6.07 Å². The Morgan fingerprint density at radius 1 is 1.38 bits per heavy atom. The zero-order chi connectivity index (χ0) is 15.2. The molecule has 116 valence electrons. The molecule has 2 aromatic rings. The van der Waals surface area contributed by atoms with Crippen molar-refractivity contribution in [3.05, 3.63) is 24.0 Å². The van der Waals surface area contributed by atoms with E-state index in [1.807, 2.05) is 29.7 Å². The number of fused-ring (bicyclic) bond motifs is 1. The molecule has 0 fully saturated rings. The average Bonchev–Trinajstić information content (AvgIpc) is 2.83. The van der Waals surface area contributed by atoms with Crippen LogP contribution >= 0.6 is 11.6 Å². The predicted molar refractivity (Wildman–Crippen MR) is 77.3 cm³/mol. The van der Waals surface area contributed by atoms with Crippen LogP contribution in [0.2, 0.25) is 0 Å². The van der Waals surface area contributed by atoms with Gasteiger partial charge in [0.05, 0.1) is 24.6 Å². The number of benzene rings is 1. The summed E-state index contributed by atoms with van der Waals surface area (Å²) in [5.41, 5.74) is 1.58. The van der Waals surface area contributed by atoms with Crippen LogP contribution in [0.25, 0.3) is 11.0 Å². The molecule has 0 saturated carbocycles. The van der Waals surface area contributed by atoms with E-state index in [2.05, 4.69) is 4.98 Å². The van der Waals surface area contributed by atoms with Gasteiger partial charge in [-0.05, 0) is 19.1 Å². The normalized spacial score (nSPS) is 11.5. The van der Waals surface area contributed by atoms with Gasteiger partial charge in [-0.25, -0.2) is 13.8 Å². The fourth-order valence-electron chi connectivity index (χ4n) is 2.12. The van der Waals surface area contributed by atoms with Crippen molar-refractivity contribution in [2.45, 2.75) is 25.8 Å². The van der Waals surface area contributed by atoms with Crippen molar-refractivity contribution in [3.63, 3.8) is 0 Å². The largest absolute Gasteiger partial charge is 0.492 e. The van der Waals surface area contributed by atoms with Crippen molar-refractivity contribution >= 4 is 22.6 Å². The second-order valence-corrected chi connectivity index (χ2v) is 4.60. The van der Waals surface area contributed by atoms with Crippen LogP contribution in [0.5, 0.6) is 5.75 Å². The highest BCUT2D eigenvalue weighted by Crippen LogP contribution is 2.26. The van der Waals surface area contributed by atoms with Gasteiger partial charge in [-0.15, -0.1) is 11.6 Å². The molecule has 0 amide bonds. The van der Waals surface area contributed by atoms with Gasteiger partial charge in [0.25, 0.3) is 6.43 Å². The van der Waals surface area contributed by atoms with Gasteiger partial charge in [0, 0.05) is 6.54 Å². The highest BCUT2D eigenvalue weighted by molar-refractivity contribution is 6.16. The molecule has 0 spiro atoms. The van der Waals surface area contributed by atoms with E-state index in [0.717, 1.165) is 11.0 Å². The van der Waals surface area contributed by atoms with Gasteiger partial charge in [-0.2, -0.15) is 0 Å². The van der Waals surface area contributed by atoms with Crippen molar-refractivity contribution in [1.82, 2.24) is 9.55 Å². The van der Waals surface area contributed by atoms with Crippen LogP contribution in [0.1, 0.15) is 12.7 Å². The number of para-hydroxylation sites is 1. The molecular weight excluding hydrogens is 302 g/mol. The van der Waals surface area contributed by atoms with Crippen LogP contribution < -0.4 is 4.74 Å². The molecule has 7 heteroatoms. The smallest absolute Gasteiger partial charge is 0.261 e. The highest BCUT2D eigenvalue weighted by Gasteiger charge is 2.13. The minimum atomic E-state index is -2.46. The predicted octanol–water partition coefficient (Wildman–Crippen LogP) is 3.46. The van der Waals surface area contributed by atoms with Gasteiger partial charge < -0.3 is 14.0 Å². The summed E-state index contributed by atoms with van der Waals surface area (Å²) in [5, 5.41) is 0. The molecule has 1 aromatic carbocycles. The number of aromatic nitrogens is 2. The van der Waals surface area contributed by atoms with Crippen molar-refractivity contribution in [3.8, 4) is 5.75 Å². The van der Waals surface area contributed by atoms with Crippen LogP contribution in [0.15, 0.2) is 18.2 Å². The summed E-state index contributed by atoms with van der Waals surface area (Å²) in [7, 11) is 0. The molecule has 0 atom stereocenters. The molecule has 0 unspecified atom stereocenters. The fraction of sp³-hybridized carbons (Fsp3) is 0.500. The van der Waals surface area contributed by atoms with E-state index in [0.29, 0.717) is 24.7 Å². The Morgan fingerprint density at radius 2 is 2.19 bits per heavy atom. The maximum absolute atomic E-state index is 12.1. The van der Waals surface area contributed by atoms with E-state index in [1.165, 1.54) is 0 Å². The van der Waals surface area contributed by atoms with E-state index >= 15 is 0 Å². The van der Waals surface area contributed by atoms with Crippen LogP contribution in [0.3, 0.4) is 0 Å². The molecule has 2 rings (SSSR count). The first kappa shape index (κ1) is 16.0. The minimum Gasteiger partial charge on any atom is -0.492 e. The standard InChI is InChI=1S/C14H17ClF2N2O2/c1-2-21-11-5-3-4-10-14(11)18-13(8-15)19(10)6-7-20-9-12(16)17/h3-5,12H,2,6-9H2,1H3. The van der Waals surface area contributed by atoms with Gasteiger partial charge >= 0.3 is 0 Å². The van der Waals surface area contributed by atoms with E-state index in [4.69, 9.17) is 21.1 Å². The summed E-state index contributed by atoms with van der Waals surface area (Å²) >= 11 is 5.91. The third-order valence-corrected chi connectivity index (χ3v) is 3.18. The van der Waals surface area contributed by atoms with Crippen LogP contribution in [0, 0.1) is 0 Å². The number of halogens is 3. The quantitative estimate of drug-likeness (QED) is 0.552. The maximum atomic E-state index is 12.1. The number of nitrogens with zero attached hydrogens (tertiary/aromatic N) is 2. The summed E-state index contributed by atoms with van der Waals surface area (Å²) in [6, 6.07) is 5.60. The SMILES string of the molecule is CCOc1cccc2c1nc(CCl)n2CCOCC(F)F. The molecule has 0 aliphatic carbocycles. The summed E-state index contributed by atoms with van der Waals surface area (Å²) < 4.78 is 36.4. The molecule has 1 aromatic heterocycles. The molecular formula is C14H17ClF2N2O2. The monoisotopic (exact) mass is 318 g/mol. The molecule has 0 aliphatic heterocycles. The number of imidazole rings is 1. The Hall–Kier alpha value is -1.40. The number of hydrogen-bond acceptors (Lipinski definition) is 3. The van der Waals surface area contributed by atoms with Gasteiger partial charge in [-0.3, -0.25) is 0 Å². The van der Waals surface area contributed by atoms with Crippen molar-refractivity contribution in [2.75, 3.05) is 19.8 Å². The zero-order valence-corrected chi connectivity index (χ0v) is 12.4. The van der Waals surface area contributed by atoms with Crippen LogP contribution in [-0.4, -0.2) is 35.8 Å². The molecule has 21 heavy (non-hydrogen) atoms. The Bertz CT molecular complexity index is 590. The lowest BCUT2D eigenvalue weighted by Crippen LogP contribution is -2.12. The highest BCUT2D eigenvalue weighted by atomic mass is 35.5. The third kappa shape index (κ3) is 3.83. The fourth-order valence-corrected chi connectivity index (χ4v) is 2.33. The van der Waals surface area contributed by atoms with Crippen molar-refractivity contribution < 1.29 is 18.3 Å². The molecule has 1 heterocycles. The molecule has 0 radical (unpaired) electrons. The van der Waals surface area contributed by atoms with Crippen molar-refractivity contribution in [1.29, 1.82) is 0 Å². The minimum absolute atomic E-state index is 0.179. The zero-order valence-electron chi connectivity index (χ0n) is 11.7. The maximum Gasteiger partial charge on any atom is 0.261 e. The molecule has 4 nitrogen and oxygen atoms in total. The Balaban J connectivity index is 2.22. The van der Waals surface area contributed by atoms with E-state index in [-0.39, 0.29) is 12.5 Å². The van der Waals surface area contributed by atoms with Gasteiger partial charge in [0.1, 0.15) is 23.7 Å². The first-order valence-corrected chi connectivity index (χ1v) is 7.23. The number of ether oxygens (including phenoxy) is 2. The topological polar surface area (TPSA) is 36.3 Å². The lowest BCUT2D eigenvalue weighted by atomic mass is 10.3. The lowest BCUT2D eigenvalue weighted by molar-refractivity contribution is 0.0149. The molecule has 0 N–H and O–H groups in total. The lowest BCUT2D eigenvalue weighted by Gasteiger charge is -2.09. The number of rotatable bonds is 8. The number of hydrogen-bond donors (Lipinski definition) is 0. The van der Waals surface area contributed by atoms with Crippen molar-refractivity contribution in [2.24, 2.45) is 0 Å². The van der Waals surface area contributed by atoms with E-state index < -0.39 is 13.0 Å². The first-order valence-electron chi connectivity index (χ1n) is 6.70. The van der Waals surface area contributed by atoms with Crippen LogP contribution in [0.4, 0.5) is 8.78 Å². The summed E-state index contributed by atoms with van der Waals surface area (Å²) in [6.45, 7) is 2.47. The van der Waals surface area contributed by atoms with Crippen LogP contribution in [-0.2, 0) is 17.2 Å². The Morgan fingerprint density at radius 3 is 2.86 bits per heavy atom. The number of alkyl halides is 3. The van der Waals surface area contributed by atoms with E-state index in [1.54, 1.807) is 0 Å². The second kappa shape index (κ2) is 7.56. The van der Waals surface area contributed by atoms with Gasteiger partial charge in [0.2, 0.25) is 0 Å². The van der Waals surface area contributed by atoms with E-state index in [9.17, 15) is 8.78 Å². The van der Waals surface area contributed by atoms with Gasteiger partial charge in [0.15, 0.2) is 0 Å². The summed E-state index contributed by atoms with van der Waals surface area (Å²) in [6.07, 6.45) is -2.46. The summed E-state index contributed by atoms with van der Waals surface area (Å²) in [4.78, 5) is 4.47. The summed E-state index contributed by atoms with van der Waals surface area (Å²) in [5.74, 6) is 1.59. The third-order valence-electron chi connectivity index (χ3n) is 2.94.